The van der Waals surface area contributed by atoms with Crippen LogP contribution in [0.1, 0.15) is 13.3 Å². The van der Waals surface area contributed by atoms with Gasteiger partial charge in [0.25, 0.3) is 0 Å². The number of para-hydroxylation sites is 1. The van der Waals surface area contributed by atoms with E-state index in [-0.39, 0.29) is 18.2 Å². The Balaban J connectivity index is 1.68. The molecule has 1 amide bonds. The van der Waals surface area contributed by atoms with Crippen LogP contribution in [0.4, 0.5) is 23.0 Å². The number of nitrogens with one attached hydrogen (secondary N) is 2. The maximum Gasteiger partial charge on any atom is 0.227 e. The van der Waals surface area contributed by atoms with Gasteiger partial charge in [-0.2, -0.15) is 0 Å². The van der Waals surface area contributed by atoms with Gasteiger partial charge in [-0.05, 0) is 31.8 Å². The molecular formula is C29H36ClN7O2. The molecule has 2 aromatic carbocycles. The Bertz CT molecular complexity index is 1440. The van der Waals surface area contributed by atoms with Crippen molar-refractivity contribution in [1.29, 1.82) is 0 Å². The van der Waals surface area contributed by atoms with E-state index in [4.69, 9.17) is 21.3 Å². The van der Waals surface area contributed by atoms with Crippen LogP contribution in [0.5, 0.6) is 5.75 Å². The van der Waals surface area contributed by atoms with Crippen LogP contribution in [-0.4, -0.2) is 72.1 Å². The number of halogens is 1. The van der Waals surface area contributed by atoms with E-state index < -0.39 is 0 Å². The zero-order valence-corrected chi connectivity index (χ0v) is 23.9. The van der Waals surface area contributed by atoms with Crippen molar-refractivity contribution in [1.82, 2.24) is 19.4 Å². The Morgan fingerprint density at radius 1 is 1.13 bits per heavy atom. The van der Waals surface area contributed by atoms with Gasteiger partial charge in [-0.3, -0.25) is 4.79 Å². The second-order valence-corrected chi connectivity index (χ2v) is 9.81. The normalized spacial score (nSPS) is 11.2. The standard InChI is InChI=1S/C29H36ClN7O2/c1-6-35(2)15-16-36(3)26-18-27(39-5)24(17-23(26)32-28(38)11-13-30)34-29-31-14-12-22(33-29)21-19-37(4)25-10-8-7-9-20(21)25/h7-10,12,14,17-19H,6,11,13,15-16H2,1-5H3,(H,32,38)(H,31,33,34). The van der Waals surface area contributed by atoms with Gasteiger partial charge in [0.2, 0.25) is 11.9 Å². The van der Waals surface area contributed by atoms with E-state index in [0.717, 1.165) is 47.5 Å². The number of methoxy groups -OCH3 is 1. The molecule has 0 unspecified atom stereocenters. The molecule has 0 aliphatic heterocycles. The van der Waals surface area contributed by atoms with Crippen molar-refractivity contribution in [2.45, 2.75) is 13.3 Å². The quantitative estimate of drug-likeness (QED) is 0.230. The number of amides is 1. The molecule has 0 saturated heterocycles. The van der Waals surface area contributed by atoms with Crippen LogP contribution in [0.25, 0.3) is 22.2 Å². The fraction of sp³-hybridized carbons (Fsp3) is 0.345. The van der Waals surface area contributed by atoms with Gasteiger partial charge in [-0.25, -0.2) is 9.97 Å². The highest BCUT2D eigenvalue weighted by Gasteiger charge is 2.18. The highest BCUT2D eigenvalue weighted by atomic mass is 35.5. The summed E-state index contributed by atoms with van der Waals surface area (Å²) in [7, 11) is 7.72. The van der Waals surface area contributed by atoms with E-state index in [2.05, 4.69) is 62.3 Å². The first-order chi connectivity index (χ1) is 18.8. The number of likely N-dealkylation sites (N-methyl/N-ethyl adjacent to an activating group) is 2. The minimum absolute atomic E-state index is 0.157. The number of alkyl halides is 1. The van der Waals surface area contributed by atoms with E-state index in [0.29, 0.717) is 23.1 Å². The number of hydrogen-bond acceptors (Lipinski definition) is 7. The number of hydrogen-bond donors (Lipinski definition) is 2. The summed E-state index contributed by atoms with van der Waals surface area (Å²) in [4.78, 5) is 26.1. The third-order valence-electron chi connectivity index (χ3n) is 6.76. The summed E-state index contributed by atoms with van der Waals surface area (Å²) in [6.45, 7) is 4.73. The lowest BCUT2D eigenvalue weighted by Crippen LogP contribution is -2.31. The summed E-state index contributed by atoms with van der Waals surface area (Å²) >= 11 is 5.83. The van der Waals surface area contributed by atoms with Gasteiger partial charge in [0, 0.05) is 74.4 Å². The number of carbonyl (C=O) groups is 1. The summed E-state index contributed by atoms with van der Waals surface area (Å²) in [5, 5.41) is 7.43. The zero-order chi connectivity index (χ0) is 27.9. The van der Waals surface area contributed by atoms with Crippen LogP contribution in [-0.2, 0) is 11.8 Å². The predicted molar refractivity (Wildman–Crippen MR) is 161 cm³/mol. The van der Waals surface area contributed by atoms with Crippen LogP contribution >= 0.6 is 11.6 Å². The first-order valence-corrected chi connectivity index (χ1v) is 13.5. The maximum atomic E-state index is 12.5. The largest absolute Gasteiger partial charge is 0.494 e. The van der Waals surface area contributed by atoms with Gasteiger partial charge >= 0.3 is 0 Å². The number of ether oxygens (including phenoxy) is 1. The SMILES string of the molecule is CCN(C)CCN(C)c1cc(OC)c(Nc2nccc(-c3cn(C)c4ccccc34)n2)cc1NC(=O)CCCl. The lowest BCUT2D eigenvalue weighted by molar-refractivity contribution is -0.115. The zero-order valence-electron chi connectivity index (χ0n) is 23.2. The molecule has 0 saturated carbocycles. The summed E-state index contributed by atoms with van der Waals surface area (Å²) < 4.78 is 7.84. The van der Waals surface area contributed by atoms with E-state index in [1.54, 1.807) is 13.3 Å². The molecule has 0 atom stereocenters. The number of aromatic nitrogens is 3. The Morgan fingerprint density at radius 2 is 1.92 bits per heavy atom. The molecule has 0 fully saturated rings. The number of benzene rings is 2. The number of carbonyl (C=O) groups excluding carboxylic acids is 1. The van der Waals surface area contributed by atoms with Crippen molar-refractivity contribution in [3.63, 3.8) is 0 Å². The van der Waals surface area contributed by atoms with Crippen molar-refractivity contribution < 1.29 is 9.53 Å². The summed E-state index contributed by atoms with van der Waals surface area (Å²) in [5.74, 6) is 1.11. The molecular weight excluding hydrogens is 514 g/mol. The molecule has 0 aliphatic rings. The Labute approximate surface area is 234 Å². The van der Waals surface area contributed by atoms with Gasteiger partial charge in [0.1, 0.15) is 5.75 Å². The van der Waals surface area contributed by atoms with Gasteiger partial charge in [-0.1, -0.05) is 25.1 Å². The summed E-state index contributed by atoms with van der Waals surface area (Å²) in [5.41, 5.74) is 5.08. The molecule has 39 heavy (non-hydrogen) atoms. The number of fused-ring (bicyclic) bond motifs is 1. The molecule has 10 heteroatoms. The minimum Gasteiger partial charge on any atom is -0.494 e. The average Bonchev–Trinajstić information content (AvgIpc) is 3.28. The lowest BCUT2D eigenvalue weighted by Gasteiger charge is -2.26. The van der Waals surface area contributed by atoms with Gasteiger partial charge in [0.15, 0.2) is 0 Å². The van der Waals surface area contributed by atoms with Crippen molar-refractivity contribution in [2.24, 2.45) is 7.05 Å². The van der Waals surface area contributed by atoms with Crippen LogP contribution in [0.2, 0.25) is 0 Å². The molecule has 0 spiro atoms. The third-order valence-corrected chi connectivity index (χ3v) is 6.95. The molecule has 2 aromatic heterocycles. The fourth-order valence-electron chi connectivity index (χ4n) is 4.38. The van der Waals surface area contributed by atoms with Crippen molar-refractivity contribution in [3.8, 4) is 17.0 Å². The smallest absolute Gasteiger partial charge is 0.227 e. The lowest BCUT2D eigenvalue weighted by atomic mass is 10.1. The topological polar surface area (TPSA) is 87.6 Å². The van der Waals surface area contributed by atoms with Crippen molar-refractivity contribution >= 4 is 51.4 Å². The van der Waals surface area contributed by atoms with E-state index >= 15 is 0 Å². The summed E-state index contributed by atoms with van der Waals surface area (Å²) in [6.07, 6.45) is 4.02. The molecule has 0 radical (unpaired) electrons. The summed E-state index contributed by atoms with van der Waals surface area (Å²) in [6, 6.07) is 13.9. The maximum absolute atomic E-state index is 12.5. The number of aryl methyl sites for hydroxylation is 1. The molecule has 9 nitrogen and oxygen atoms in total. The average molecular weight is 550 g/mol. The molecule has 2 N–H and O–H groups in total. The van der Waals surface area contributed by atoms with Gasteiger partial charge in [-0.15, -0.1) is 11.6 Å². The Morgan fingerprint density at radius 3 is 2.67 bits per heavy atom. The second-order valence-electron chi connectivity index (χ2n) is 9.44. The molecule has 4 aromatic rings. The second kappa shape index (κ2) is 12.8. The number of nitrogens with zero attached hydrogens (tertiary/aromatic N) is 5. The monoisotopic (exact) mass is 549 g/mol. The van der Waals surface area contributed by atoms with Crippen LogP contribution < -0.4 is 20.3 Å². The fourth-order valence-corrected chi connectivity index (χ4v) is 4.56. The minimum atomic E-state index is -0.157. The predicted octanol–water partition coefficient (Wildman–Crippen LogP) is 5.34. The molecule has 4 rings (SSSR count). The molecule has 0 bridgehead atoms. The van der Waals surface area contributed by atoms with E-state index in [1.807, 2.05) is 44.4 Å². The van der Waals surface area contributed by atoms with Gasteiger partial charge in [0.05, 0.1) is 29.9 Å². The Hall–Kier alpha value is -3.82. The third kappa shape index (κ3) is 6.61. The van der Waals surface area contributed by atoms with Crippen LogP contribution in [0.15, 0.2) is 54.9 Å². The highest BCUT2D eigenvalue weighted by molar-refractivity contribution is 6.19. The molecule has 206 valence electrons. The van der Waals surface area contributed by atoms with E-state index in [1.165, 1.54) is 0 Å². The first kappa shape index (κ1) is 28.2. The highest BCUT2D eigenvalue weighted by Crippen LogP contribution is 2.38. The molecule has 0 aliphatic carbocycles. The van der Waals surface area contributed by atoms with Crippen LogP contribution in [0, 0.1) is 0 Å². The number of anilines is 4. The van der Waals surface area contributed by atoms with Crippen molar-refractivity contribution in [2.75, 3.05) is 62.3 Å². The Kier molecular flexibility index (Phi) is 9.27. The van der Waals surface area contributed by atoms with Crippen LogP contribution in [0.3, 0.4) is 0 Å². The van der Waals surface area contributed by atoms with Gasteiger partial charge < -0.3 is 29.7 Å². The molecule has 2 heterocycles. The van der Waals surface area contributed by atoms with Crippen molar-refractivity contribution in [3.05, 3.63) is 54.9 Å². The number of rotatable bonds is 12. The first-order valence-electron chi connectivity index (χ1n) is 13.0. The van der Waals surface area contributed by atoms with E-state index in [9.17, 15) is 4.79 Å².